The van der Waals surface area contributed by atoms with Crippen LogP contribution in [0.3, 0.4) is 0 Å². The maximum Gasteiger partial charge on any atom is 0.153 e. The van der Waals surface area contributed by atoms with Crippen molar-refractivity contribution in [1.29, 1.82) is 5.26 Å². The van der Waals surface area contributed by atoms with Crippen molar-refractivity contribution in [1.82, 2.24) is 4.90 Å². The third-order valence-electron chi connectivity index (χ3n) is 9.10. The van der Waals surface area contributed by atoms with E-state index in [2.05, 4.69) is 37.1 Å². The molecule has 1 saturated heterocycles. The van der Waals surface area contributed by atoms with Crippen molar-refractivity contribution < 1.29 is 13.9 Å². The normalized spacial score (nSPS) is 24.9. The number of fused-ring (bicyclic) bond motifs is 2. The van der Waals surface area contributed by atoms with Gasteiger partial charge in [-0.25, -0.2) is 4.39 Å². The van der Waals surface area contributed by atoms with Crippen LogP contribution in [0.5, 0.6) is 0 Å². The van der Waals surface area contributed by atoms with Crippen LogP contribution in [0.15, 0.2) is 36.4 Å². The highest BCUT2D eigenvalue weighted by atomic mass is 19.1. The van der Waals surface area contributed by atoms with Gasteiger partial charge in [0.25, 0.3) is 0 Å². The molecule has 1 aliphatic carbocycles. The van der Waals surface area contributed by atoms with E-state index in [0.29, 0.717) is 24.0 Å². The predicted octanol–water partition coefficient (Wildman–Crippen LogP) is 6.27. The lowest BCUT2D eigenvalue weighted by Crippen LogP contribution is -2.40. The van der Waals surface area contributed by atoms with Crippen molar-refractivity contribution in [2.24, 2.45) is 23.7 Å². The number of hydrogen-bond acceptors (Lipinski definition) is 4. The van der Waals surface area contributed by atoms with Gasteiger partial charge in [-0.05, 0) is 90.9 Å². The van der Waals surface area contributed by atoms with E-state index in [-0.39, 0.29) is 29.5 Å². The second kappa shape index (κ2) is 10.1. The molecule has 2 heterocycles. The zero-order valence-electron chi connectivity index (χ0n) is 21.7. The molecule has 0 bridgehead atoms. The van der Waals surface area contributed by atoms with Crippen LogP contribution in [0.2, 0.25) is 0 Å². The molecule has 0 unspecified atom stereocenters. The van der Waals surface area contributed by atoms with Gasteiger partial charge in [0.1, 0.15) is 11.7 Å². The molecule has 3 aliphatic rings. The van der Waals surface area contributed by atoms with E-state index in [4.69, 9.17) is 4.74 Å². The quantitative estimate of drug-likeness (QED) is 0.481. The fourth-order valence-electron chi connectivity index (χ4n) is 6.57. The van der Waals surface area contributed by atoms with Gasteiger partial charge in [0.2, 0.25) is 0 Å². The minimum absolute atomic E-state index is 0.0397. The molecule has 4 atom stereocenters. The van der Waals surface area contributed by atoms with Gasteiger partial charge in [-0.1, -0.05) is 44.5 Å². The average Bonchev–Trinajstić information content (AvgIpc) is 3.48. The van der Waals surface area contributed by atoms with Crippen molar-refractivity contribution in [2.75, 3.05) is 20.1 Å². The predicted molar refractivity (Wildman–Crippen MR) is 139 cm³/mol. The SMILES string of the molecule is C[C@@H]1CC[C@H]([C@H](C)C(=O)[C@H](C#N)Cc2ccc(-c3ccc4c(c3)C3(CCN(C)CC3)OC4)cc2F)C1. The zero-order chi connectivity index (χ0) is 25.4. The number of hydrogen-bond donors (Lipinski definition) is 0. The molecule has 36 heavy (non-hydrogen) atoms. The lowest BCUT2D eigenvalue weighted by atomic mass is 9.81. The largest absolute Gasteiger partial charge is 0.365 e. The lowest BCUT2D eigenvalue weighted by Gasteiger charge is -2.37. The smallest absolute Gasteiger partial charge is 0.153 e. The molecule has 0 radical (unpaired) electrons. The standard InChI is InChI=1S/C31H37FN2O2/c1-20-4-5-22(14-20)21(2)30(35)27(18-33)15-25-8-6-24(17-29(25)32)23-7-9-26-19-36-31(28(26)16-23)10-12-34(3)13-11-31/h6-9,16-17,20-22,27H,4-5,10-15,19H2,1-3H3/t20-,21+,22+,27+/m1/s1. The van der Waals surface area contributed by atoms with Gasteiger partial charge in [0, 0.05) is 19.0 Å². The summed E-state index contributed by atoms with van der Waals surface area (Å²) in [6.07, 6.45) is 5.28. The molecular weight excluding hydrogens is 451 g/mol. The van der Waals surface area contributed by atoms with Crippen LogP contribution in [-0.4, -0.2) is 30.8 Å². The zero-order valence-corrected chi connectivity index (χ0v) is 21.7. The van der Waals surface area contributed by atoms with Crippen LogP contribution in [0.25, 0.3) is 11.1 Å². The Balaban J connectivity index is 1.33. The minimum atomic E-state index is -0.808. The van der Waals surface area contributed by atoms with E-state index in [1.165, 1.54) is 11.1 Å². The third kappa shape index (κ3) is 4.74. The molecule has 1 saturated carbocycles. The molecular formula is C31H37FN2O2. The van der Waals surface area contributed by atoms with Crippen LogP contribution in [0, 0.1) is 40.8 Å². The Morgan fingerprint density at radius 2 is 1.92 bits per heavy atom. The molecule has 5 heteroatoms. The van der Waals surface area contributed by atoms with Crippen molar-refractivity contribution in [3.8, 4) is 17.2 Å². The van der Waals surface area contributed by atoms with Crippen LogP contribution < -0.4 is 0 Å². The Bertz CT molecular complexity index is 1180. The topological polar surface area (TPSA) is 53.3 Å². The molecule has 2 aliphatic heterocycles. The second-order valence-electron chi connectivity index (χ2n) is 11.5. The summed E-state index contributed by atoms with van der Waals surface area (Å²) in [5.74, 6) is -0.376. The second-order valence-corrected chi connectivity index (χ2v) is 11.5. The summed E-state index contributed by atoms with van der Waals surface area (Å²) in [4.78, 5) is 15.4. The number of piperidine rings is 1. The first-order valence-corrected chi connectivity index (χ1v) is 13.5. The molecule has 190 valence electrons. The first-order chi connectivity index (χ1) is 17.3. The molecule has 4 nitrogen and oxygen atoms in total. The van der Waals surface area contributed by atoms with Crippen molar-refractivity contribution in [3.05, 3.63) is 58.9 Å². The highest BCUT2D eigenvalue weighted by Crippen LogP contribution is 2.45. The number of halogens is 1. The van der Waals surface area contributed by atoms with Crippen LogP contribution in [-0.2, 0) is 28.2 Å². The van der Waals surface area contributed by atoms with Gasteiger partial charge in [-0.2, -0.15) is 5.26 Å². The Morgan fingerprint density at radius 1 is 1.19 bits per heavy atom. The minimum Gasteiger partial charge on any atom is -0.365 e. The molecule has 2 fully saturated rings. The van der Waals surface area contributed by atoms with E-state index < -0.39 is 5.92 Å². The maximum absolute atomic E-state index is 15.3. The molecule has 0 amide bonds. The highest BCUT2D eigenvalue weighted by Gasteiger charge is 2.42. The number of carbonyl (C=O) groups is 1. The number of rotatable bonds is 6. The number of nitriles is 1. The van der Waals surface area contributed by atoms with E-state index in [9.17, 15) is 10.1 Å². The van der Waals surface area contributed by atoms with Crippen molar-refractivity contribution in [2.45, 2.75) is 64.6 Å². The number of benzene rings is 2. The number of ketones is 1. The van der Waals surface area contributed by atoms with Gasteiger partial charge in [-0.3, -0.25) is 4.79 Å². The molecule has 0 N–H and O–H groups in total. The summed E-state index contributed by atoms with van der Waals surface area (Å²) in [6.45, 7) is 6.81. The van der Waals surface area contributed by atoms with Gasteiger partial charge in [-0.15, -0.1) is 0 Å². The number of Topliss-reactive ketones (excluding diaryl/α,β-unsaturated/α-hetero) is 1. The molecule has 2 aromatic carbocycles. The monoisotopic (exact) mass is 488 g/mol. The number of carbonyl (C=O) groups excluding carboxylic acids is 1. The number of likely N-dealkylation sites (tertiary alicyclic amines) is 1. The lowest BCUT2D eigenvalue weighted by molar-refractivity contribution is -0.126. The summed E-state index contributed by atoms with van der Waals surface area (Å²) in [5.41, 5.74) is 4.44. The van der Waals surface area contributed by atoms with E-state index in [1.54, 1.807) is 12.1 Å². The summed E-state index contributed by atoms with van der Waals surface area (Å²) >= 11 is 0. The Hall–Kier alpha value is -2.55. The Morgan fingerprint density at radius 3 is 2.58 bits per heavy atom. The summed E-state index contributed by atoms with van der Waals surface area (Å²) in [7, 11) is 2.14. The molecule has 2 aromatic rings. The van der Waals surface area contributed by atoms with Crippen molar-refractivity contribution in [3.63, 3.8) is 0 Å². The maximum atomic E-state index is 15.3. The first kappa shape index (κ1) is 25.1. The van der Waals surface area contributed by atoms with Crippen LogP contribution in [0.4, 0.5) is 4.39 Å². The average molecular weight is 489 g/mol. The molecule has 1 spiro atoms. The van der Waals surface area contributed by atoms with Crippen molar-refractivity contribution >= 4 is 5.78 Å². The van der Waals surface area contributed by atoms with E-state index >= 15 is 4.39 Å². The van der Waals surface area contributed by atoms with Gasteiger partial charge >= 0.3 is 0 Å². The number of nitrogens with zero attached hydrogens (tertiary/aromatic N) is 2. The fraction of sp³-hybridized carbons (Fsp3) is 0.548. The van der Waals surface area contributed by atoms with Crippen LogP contribution in [0.1, 0.15) is 62.6 Å². The van der Waals surface area contributed by atoms with Crippen LogP contribution >= 0.6 is 0 Å². The van der Waals surface area contributed by atoms with E-state index in [0.717, 1.165) is 56.3 Å². The Labute approximate surface area is 214 Å². The summed E-state index contributed by atoms with van der Waals surface area (Å²) in [6, 6.07) is 13.7. The molecule has 5 rings (SSSR count). The fourth-order valence-corrected chi connectivity index (χ4v) is 6.57. The number of ether oxygens (including phenoxy) is 1. The molecule has 0 aromatic heterocycles. The Kier molecular flexibility index (Phi) is 7.03. The van der Waals surface area contributed by atoms with Gasteiger partial charge in [0.15, 0.2) is 5.78 Å². The van der Waals surface area contributed by atoms with E-state index in [1.807, 2.05) is 19.1 Å². The summed E-state index contributed by atoms with van der Waals surface area (Å²) in [5, 5.41) is 9.74. The van der Waals surface area contributed by atoms with Gasteiger partial charge < -0.3 is 9.64 Å². The van der Waals surface area contributed by atoms with Gasteiger partial charge in [0.05, 0.1) is 18.3 Å². The first-order valence-electron chi connectivity index (χ1n) is 13.5. The highest BCUT2D eigenvalue weighted by molar-refractivity contribution is 5.86. The third-order valence-corrected chi connectivity index (χ3v) is 9.10. The summed E-state index contributed by atoms with van der Waals surface area (Å²) < 4.78 is 21.6.